The summed E-state index contributed by atoms with van der Waals surface area (Å²) in [6, 6.07) is 3.95. The van der Waals surface area contributed by atoms with E-state index in [4.69, 9.17) is 4.74 Å². The third kappa shape index (κ3) is 7.78. The molecule has 1 aromatic carbocycles. The number of rotatable bonds is 5. The molecular weight excluding hydrogens is 608 g/mol. The first-order chi connectivity index (χ1) is 7.79. The van der Waals surface area contributed by atoms with Crippen LogP contribution in [0.15, 0.2) is 12.1 Å². The predicted molar refractivity (Wildman–Crippen MR) is 89.3 cm³/mol. The maximum Gasteiger partial charge on any atom is 1.00 e. The van der Waals surface area contributed by atoms with Gasteiger partial charge < -0.3 is 9.29 Å². The minimum absolute atomic E-state index is 0. The summed E-state index contributed by atoms with van der Waals surface area (Å²) in [5.41, 5.74) is 0. The van der Waals surface area contributed by atoms with Crippen molar-refractivity contribution >= 4 is 77.9 Å². The molecule has 0 saturated heterocycles. The number of hydrogen-bond acceptors (Lipinski definition) is 4. The van der Waals surface area contributed by atoms with E-state index in [-0.39, 0.29) is 48.3 Å². The largest absolute Gasteiger partial charge is 1.00 e. The van der Waals surface area contributed by atoms with E-state index in [1.807, 2.05) is 12.1 Å². The third-order valence-electron chi connectivity index (χ3n) is 1.75. The molecule has 0 aliphatic heterocycles. The summed E-state index contributed by atoms with van der Waals surface area (Å²) < 4.78 is 39.8. The molecule has 0 aromatic heterocycles. The standard InChI is InChI=1S/C9H9I3O4S.Na/c10-6-4-7(11)9(8(12)5-6)16-2-1-3-17(13,14)15;/h4-5H,1-3H2,(H,13,14,15);/q;+1/p-1. The molecule has 0 amide bonds. The van der Waals surface area contributed by atoms with Crippen molar-refractivity contribution in [2.45, 2.75) is 6.42 Å². The van der Waals surface area contributed by atoms with E-state index in [1.54, 1.807) is 0 Å². The topological polar surface area (TPSA) is 66.4 Å². The Hall–Kier alpha value is 2.12. The van der Waals surface area contributed by atoms with Gasteiger partial charge in [0.1, 0.15) is 5.75 Å². The van der Waals surface area contributed by atoms with E-state index in [0.717, 1.165) is 16.5 Å². The van der Waals surface area contributed by atoms with Crippen molar-refractivity contribution in [2.24, 2.45) is 0 Å². The van der Waals surface area contributed by atoms with Crippen LogP contribution < -0.4 is 34.3 Å². The van der Waals surface area contributed by atoms with Gasteiger partial charge in [0.25, 0.3) is 0 Å². The van der Waals surface area contributed by atoms with Crippen molar-refractivity contribution in [2.75, 3.05) is 12.4 Å². The SMILES string of the molecule is O=S(=O)([O-])CCCOc1c(I)cc(I)cc1I.[Na+]. The predicted octanol–water partition coefficient (Wildman–Crippen LogP) is -0.181. The Morgan fingerprint density at radius 1 is 1.17 bits per heavy atom. The Bertz CT molecular complexity index is 484. The van der Waals surface area contributed by atoms with Crippen molar-refractivity contribution in [3.63, 3.8) is 0 Å². The summed E-state index contributed by atoms with van der Waals surface area (Å²) >= 11 is 6.55. The maximum atomic E-state index is 10.4. The molecule has 0 aliphatic carbocycles. The Balaban J connectivity index is 0.00000289. The van der Waals surface area contributed by atoms with E-state index >= 15 is 0 Å². The molecule has 0 fully saturated rings. The van der Waals surface area contributed by atoms with Gasteiger partial charge in [-0.05, 0) is 86.3 Å². The Kier molecular flexibility index (Phi) is 10.3. The van der Waals surface area contributed by atoms with Gasteiger partial charge in [-0.25, -0.2) is 8.42 Å². The molecule has 1 rings (SSSR count). The van der Waals surface area contributed by atoms with Crippen molar-refractivity contribution in [1.82, 2.24) is 0 Å². The summed E-state index contributed by atoms with van der Waals surface area (Å²) in [7, 11) is -4.14. The van der Waals surface area contributed by atoms with Crippen LogP contribution in [0.1, 0.15) is 6.42 Å². The van der Waals surface area contributed by atoms with Crippen molar-refractivity contribution in [3.8, 4) is 5.75 Å². The van der Waals surface area contributed by atoms with Gasteiger partial charge in [-0.15, -0.1) is 0 Å². The quantitative estimate of drug-likeness (QED) is 0.200. The molecule has 0 saturated carbocycles. The zero-order chi connectivity index (χ0) is 13.1. The molecule has 0 heterocycles. The second kappa shape index (κ2) is 9.20. The van der Waals surface area contributed by atoms with E-state index in [2.05, 4.69) is 67.8 Å². The molecule has 0 aliphatic rings. The molecule has 0 atom stereocenters. The van der Waals surface area contributed by atoms with Crippen molar-refractivity contribution < 1.29 is 47.3 Å². The fourth-order valence-electron chi connectivity index (χ4n) is 1.08. The molecule has 0 N–H and O–H groups in total. The zero-order valence-corrected chi connectivity index (χ0v) is 18.7. The Morgan fingerprint density at radius 3 is 2.11 bits per heavy atom. The summed E-state index contributed by atoms with van der Waals surface area (Å²) in [6.07, 6.45) is 0.212. The Morgan fingerprint density at radius 2 is 1.67 bits per heavy atom. The third-order valence-corrected chi connectivity index (χ3v) is 4.76. The monoisotopic (exact) mass is 616 g/mol. The van der Waals surface area contributed by atoms with Crippen LogP contribution in [0.25, 0.3) is 0 Å². The van der Waals surface area contributed by atoms with Crippen LogP contribution in [0.4, 0.5) is 0 Å². The minimum atomic E-state index is -4.14. The number of hydrogen-bond donors (Lipinski definition) is 0. The molecular formula is C9H8I3NaO4S. The van der Waals surface area contributed by atoms with Crippen LogP contribution in [0.2, 0.25) is 0 Å². The average Bonchev–Trinajstić information content (AvgIpc) is 2.13. The van der Waals surface area contributed by atoms with Crippen LogP contribution in [-0.4, -0.2) is 25.3 Å². The van der Waals surface area contributed by atoms with Gasteiger partial charge in [0.05, 0.1) is 23.9 Å². The first kappa shape index (κ1) is 20.1. The zero-order valence-electron chi connectivity index (χ0n) is 9.45. The first-order valence-electron chi connectivity index (χ1n) is 4.50. The van der Waals surface area contributed by atoms with Gasteiger partial charge >= 0.3 is 29.6 Å². The Labute approximate surface area is 169 Å². The van der Waals surface area contributed by atoms with Crippen LogP contribution in [0.5, 0.6) is 5.75 Å². The van der Waals surface area contributed by atoms with Gasteiger partial charge in [0.15, 0.2) is 0 Å². The molecule has 4 nitrogen and oxygen atoms in total. The summed E-state index contributed by atoms with van der Waals surface area (Å²) in [5.74, 6) is 0.361. The molecule has 0 unspecified atom stereocenters. The fourth-order valence-corrected chi connectivity index (χ4v) is 5.44. The van der Waals surface area contributed by atoms with Gasteiger partial charge in [-0.3, -0.25) is 0 Å². The average molecular weight is 616 g/mol. The van der Waals surface area contributed by atoms with E-state index in [0.29, 0.717) is 0 Å². The van der Waals surface area contributed by atoms with Crippen LogP contribution in [-0.2, 0) is 10.1 Å². The molecule has 0 radical (unpaired) electrons. The summed E-state index contributed by atoms with van der Waals surface area (Å²) in [5, 5.41) is 0. The molecule has 9 heteroatoms. The van der Waals surface area contributed by atoms with Crippen LogP contribution in [0, 0.1) is 10.7 Å². The number of benzene rings is 1. The normalized spacial score (nSPS) is 10.9. The van der Waals surface area contributed by atoms with Crippen molar-refractivity contribution in [3.05, 3.63) is 22.8 Å². The van der Waals surface area contributed by atoms with E-state index < -0.39 is 10.1 Å². The number of halogens is 3. The summed E-state index contributed by atoms with van der Waals surface area (Å²) in [6.45, 7) is 0.230. The van der Waals surface area contributed by atoms with Crippen LogP contribution >= 0.6 is 67.8 Å². The first-order valence-corrected chi connectivity index (χ1v) is 9.32. The fraction of sp³-hybridized carbons (Fsp3) is 0.333. The van der Waals surface area contributed by atoms with Gasteiger partial charge in [-0.1, -0.05) is 0 Å². The number of ether oxygens (including phenoxy) is 1. The van der Waals surface area contributed by atoms with E-state index in [9.17, 15) is 13.0 Å². The molecule has 0 spiro atoms. The van der Waals surface area contributed by atoms with Crippen molar-refractivity contribution in [1.29, 1.82) is 0 Å². The maximum absolute atomic E-state index is 10.4. The minimum Gasteiger partial charge on any atom is -0.748 e. The van der Waals surface area contributed by atoms with Crippen LogP contribution in [0.3, 0.4) is 0 Å². The summed E-state index contributed by atoms with van der Waals surface area (Å²) in [4.78, 5) is 0. The second-order valence-electron chi connectivity index (χ2n) is 3.16. The molecule has 18 heavy (non-hydrogen) atoms. The van der Waals surface area contributed by atoms with Gasteiger partial charge in [0.2, 0.25) is 0 Å². The molecule has 96 valence electrons. The van der Waals surface area contributed by atoms with Gasteiger partial charge in [0, 0.05) is 9.32 Å². The second-order valence-corrected chi connectivity index (χ2v) is 8.26. The van der Waals surface area contributed by atoms with E-state index in [1.165, 1.54) is 0 Å². The molecule has 0 bridgehead atoms. The molecule has 1 aromatic rings. The smallest absolute Gasteiger partial charge is 0.748 e. The van der Waals surface area contributed by atoms with Gasteiger partial charge in [-0.2, -0.15) is 0 Å².